The second-order valence-corrected chi connectivity index (χ2v) is 7.23. The van der Waals surface area contributed by atoms with Crippen LogP contribution in [0.25, 0.3) is 0 Å². The topological polar surface area (TPSA) is 52.7 Å². The van der Waals surface area contributed by atoms with Crippen LogP contribution in [0.3, 0.4) is 0 Å². The summed E-state index contributed by atoms with van der Waals surface area (Å²) in [5, 5.41) is 3.69. The van der Waals surface area contributed by atoms with Crippen LogP contribution in [-0.2, 0) is 16.0 Å². The molecule has 0 spiro atoms. The number of nitrogens with zero attached hydrogens (tertiary/aromatic N) is 2. The van der Waals surface area contributed by atoms with Crippen molar-refractivity contribution in [2.45, 2.75) is 25.3 Å². The summed E-state index contributed by atoms with van der Waals surface area (Å²) in [4.78, 5) is 28.4. The van der Waals surface area contributed by atoms with Crippen LogP contribution in [0.2, 0.25) is 5.02 Å². The van der Waals surface area contributed by atoms with Crippen molar-refractivity contribution in [2.75, 3.05) is 33.2 Å². The number of carbonyl (C=O) groups excluding carboxylic acids is 2. The van der Waals surface area contributed by atoms with Crippen LogP contribution in [0.4, 0.5) is 0 Å². The molecule has 1 aromatic carbocycles. The SMILES string of the molecule is CN1C(=O)[C@H]2CC[C@@H]1CN(CC(=O)NCCc1ccc(Cl)cc1)C2. The van der Waals surface area contributed by atoms with Crippen LogP contribution in [-0.4, -0.2) is 60.9 Å². The Hall–Kier alpha value is -1.59. The summed E-state index contributed by atoms with van der Waals surface area (Å²) in [5.41, 5.74) is 1.15. The number of halogens is 1. The maximum atomic E-state index is 12.2. The predicted molar refractivity (Wildman–Crippen MR) is 93.9 cm³/mol. The van der Waals surface area contributed by atoms with Gasteiger partial charge in [0.15, 0.2) is 0 Å². The van der Waals surface area contributed by atoms with Crippen molar-refractivity contribution in [3.63, 3.8) is 0 Å². The number of hydrogen-bond acceptors (Lipinski definition) is 3. The van der Waals surface area contributed by atoms with E-state index in [0.29, 0.717) is 19.6 Å². The van der Waals surface area contributed by atoms with Gasteiger partial charge in [0.2, 0.25) is 11.8 Å². The Labute approximate surface area is 147 Å². The summed E-state index contributed by atoms with van der Waals surface area (Å²) in [6.07, 6.45) is 2.78. The summed E-state index contributed by atoms with van der Waals surface area (Å²) in [6.45, 7) is 2.47. The lowest BCUT2D eigenvalue weighted by atomic mass is 9.95. The molecule has 0 unspecified atom stereocenters. The fourth-order valence-corrected chi connectivity index (χ4v) is 3.76. The van der Waals surface area contributed by atoms with E-state index in [4.69, 9.17) is 11.6 Å². The van der Waals surface area contributed by atoms with Gasteiger partial charge in [0.05, 0.1) is 12.5 Å². The van der Waals surface area contributed by atoms with E-state index in [1.165, 1.54) is 0 Å². The van der Waals surface area contributed by atoms with Crippen molar-refractivity contribution >= 4 is 23.4 Å². The van der Waals surface area contributed by atoms with Gasteiger partial charge in [-0.2, -0.15) is 0 Å². The molecule has 3 aliphatic rings. The zero-order chi connectivity index (χ0) is 17.1. The van der Waals surface area contributed by atoms with Crippen LogP contribution in [0, 0.1) is 5.92 Å². The molecule has 24 heavy (non-hydrogen) atoms. The van der Waals surface area contributed by atoms with Crippen LogP contribution in [0.5, 0.6) is 0 Å². The zero-order valence-electron chi connectivity index (χ0n) is 14.0. The Kier molecular flexibility index (Phi) is 5.41. The van der Waals surface area contributed by atoms with Gasteiger partial charge in [-0.15, -0.1) is 0 Å². The summed E-state index contributed by atoms with van der Waals surface area (Å²) in [6, 6.07) is 7.92. The van der Waals surface area contributed by atoms with Gasteiger partial charge in [-0.3, -0.25) is 14.5 Å². The third-order valence-corrected chi connectivity index (χ3v) is 5.31. The van der Waals surface area contributed by atoms with Gasteiger partial charge in [-0.05, 0) is 37.0 Å². The summed E-state index contributed by atoms with van der Waals surface area (Å²) >= 11 is 5.86. The molecule has 3 heterocycles. The predicted octanol–water partition coefficient (Wildman–Crippen LogP) is 1.55. The third kappa shape index (κ3) is 4.08. The maximum absolute atomic E-state index is 12.2. The second-order valence-electron chi connectivity index (χ2n) is 6.80. The first-order valence-electron chi connectivity index (χ1n) is 8.53. The van der Waals surface area contributed by atoms with Gasteiger partial charge < -0.3 is 10.2 Å². The Morgan fingerprint density at radius 2 is 2.00 bits per heavy atom. The Balaban J connectivity index is 1.45. The van der Waals surface area contributed by atoms with Gasteiger partial charge in [0.25, 0.3) is 0 Å². The number of rotatable bonds is 5. The molecule has 0 radical (unpaired) electrons. The highest BCUT2D eigenvalue weighted by atomic mass is 35.5. The van der Waals surface area contributed by atoms with Crippen molar-refractivity contribution in [1.82, 2.24) is 15.1 Å². The fraction of sp³-hybridized carbons (Fsp3) is 0.556. The Morgan fingerprint density at radius 1 is 1.25 bits per heavy atom. The lowest BCUT2D eigenvalue weighted by Gasteiger charge is -2.32. The standard InChI is InChI=1S/C18H24ClN3O2/c1-21-16-7-4-14(18(21)24)10-22(11-16)12-17(23)20-9-8-13-2-5-15(19)6-3-13/h2-3,5-6,14,16H,4,7-12H2,1H3,(H,20,23)/t14-,16+/m0/s1. The van der Waals surface area contributed by atoms with Crippen LogP contribution in [0.15, 0.2) is 24.3 Å². The fourth-order valence-electron chi connectivity index (χ4n) is 3.63. The maximum Gasteiger partial charge on any atom is 0.234 e. The third-order valence-electron chi connectivity index (χ3n) is 5.06. The molecule has 3 saturated heterocycles. The van der Waals surface area contributed by atoms with E-state index in [1.54, 1.807) is 0 Å². The molecule has 3 fully saturated rings. The van der Waals surface area contributed by atoms with Crippen molar-refractivity contribution in [2.24, 2.45) is 5.92 Å². The van der Waals surface area contributed by atoms with E-state index < -0.39 is 0 Å². The summed E-state index contributed by atoms with van der Waals surface area (Å²) < 4.78 is 0. The molecule has 2 bridgehead atoms. The number of piperidine rings is 1. The van der Waals surface area contributed by atoms with E-state index in [-0.39, 0.29) is 23.8 Å². The van der Waals surface area contributed by atoms with Gasteiger partial charge in [-0.25, -0.2) is 0 Å². The molecule has 1 N–H and O–H groups in total. The molecule has 0 aromatic heterocycles. The molecule has 2 atom stereocenters. The lowest BCUT2D eigenvalue weighted by molar-refractivity contribution is -0.138. The molecule has 0 saturated carbocycles. The Morgan fingerprint density at radius 3 is 2.75 bits per heavy atom. The average Bonchev–Trinajstić information content (AvgIpc) is 2.82. The van der Waals surface area contributed by atoms with Crippen molar-refractivity contribution in [3.8, 4) is 0 Å². The van der Waals surface area contributed by atoms with E-state index in [1.807, 2.05) is 36.2 Å². The highest BCUT2D eigenvalue weighted by Gasteiger charge is 2.38. The number of hydrogen-bond donors (Lipinski definition) is 1. The summed E-state index contributed by atoms with van der Waals surface area (Å²) in [5.74, 6) is 0.313. The summed E-state index contributed by atoms with van der Waals surface area (Å²) in [7, 11) is 1.88. The van der Waals surface area contributed by atoms with Crippen molar-refractivity contribution < 1.29 is 9.59 Å². The monoisotopic (exact) mass is 349 g/mol. The lowest BCUT2D eigenvalue weighted by Crippen LogP contribution is -2.45. The molecule has 130 valence electrons. The van der Waals surface area contributed by atoms with Gasteiger partial charge in [0, 0.05) is 37.7 Å². The van der Waals surface area contributed by atoms with E-state index in [9.17, 15) is 9.59 Å². The van der Waals surface area contributed by atoms with Gasteiger partial charge in [-0.1, -0.05) is 23.7 Å². The first-order valence-corrected chi connectivity index (χ1v) is 8.91. The van der Waals surface area contributed by atoms with Gasteiger partial charge >= 0.3 is 0 Å². The van der Waals surface area contributed by atoms with Gasteiger partial charge in [0.1, 0.15) is 0 Å². The first kappa shape index (κ1) is 17.2. The number of carbonyl (C=O) groups is 2. The van der Waals surface area contributed by atoms with E-state index in [0.717, 1.165) is 36.4 Å². The molecule has 6 heteroatoms. The normalized spacial score (nSPS) is 24.1. The van der Waals surface area contributed by atoms with Crippen LogP contribution in [0.1, 0.15) is 18.4 Å². The molecule has 4 rings (SSSR count). The largest absolute Gasteiger partial charge is 0.355 e. The van der Waals surface area contributed by atoms with E-state index >= 15 is 0 Å². The number of nitrogens with one attached hydrogen (secondary N) is 1. The van der Waals surface area contributed by atoms with E-state index in [2.05, 4.69) is 10.2 Å². The smallest absolute Gasteiger partial charge is 0.234 e. The van der Waals surface area contributed by atoms with Crippen LogP contribution >= 0.6 is 11.6 Å². The number of benzene rings is 1. The highest BCUT2D eigenvalue weighted by Crippen LogP contribution is 2.27. The minimum Gasteiger partial charge on any atom is -0.355 e. The molecule has 2 amide bonds. The average molecular weight is 350 g/mol. The molecular weight excluding hydrogens is 326 g/mol. The number of likely N-dealkylation sites (N-methyl/N-ethyl adjacent to an activating group) is 1. The molecule has 3 aliphatic heterocycles. The zero-order valence-corrected chi connectivity index (χ0v) is 14.8. The quantitative estimate of drug-likeness (QED) is 0.877. The highest BCUT2D eigenvalue weighted by molar-refractivity contribution is 6.30. The number of fused-ring (bicyclic) bond motifs is 4. The number of amides is 2. The van der Waals surface area contributed by atoms with Crippen molar-refractivity contribution in [3.05, 3.63) is 34.9 Å². The van der Waals surface area contributed by atoms with Crippen molar-refractivity contribution in [1.29, 1.82) is 0 Å². The Bertz CT molecular complexity index is 605. The minimum absolute atomic E-state index is 0.0281. The minimum atomic E-state index is 0.0281. The molecule has 5 nitrogen and oxygen atoms in total. The second kappa shape index (κ2) is 7.53. The molecular formula is C18H24ClN3O2. The molecule has 0 aliphatic carbocycles. The first-order chi connectivity index (χ1) is 11.5. The molecule has 1 aromatic rings. The van der Waals surface area contributed by atoms with Crippen LogP contribution < -0.4 is 5.32 Å².